The van der Waals surface area contributed by atoms with Crippen LogP contribution in [-0.4, -0.2) is 31.4 Å². The van der Waals surface area contributed by atoms with E-state index >= 15 is 0 Å². The third kappa shape index (κ3) is 6.51. The summed E-state index contributed by atoms with van der Waals surface area (Å²) in [5, 5.41) is 13.7. The smallest absolute Gasteiger partial charge is 0.322 e. The summed E-state index contributed by atoms with van der Waals surface area (Å²) in [6.45, 7) is 18.4. The van der Waals surface area contributed by atoms with Crippen LogP contribution < -0.4 is 10.6 Å². The molecule has 11 heteroatoms. The molecule has 2 aromatic carbocycles. The monoisotopic (exact) mass is 676 g/mol. The first kappa shape index (κ1) is 35.9. The summed E-state index contributed by atoms with van der Waals surface area (Å²) in [5.74, 6) is -0.187. The highest BCUT2D eigenvalue weighted by Gasteiger charge is 2.41. The van der Waals surface area contributed by atoms with Gasteiger partial charge in [-0.2, -0.15) is 23.4 Å². The number of rotatable bonds is 4. The highest BCUT2D eigenvalue weighted by Crippen LogP contribution is 2.49. The zero-order chi connectivity index (χ0) is 36.4. The second kappa shape index (κ2) is 12.5. The van der Waals surface area contributed by atoms with Crippen molar-refractivity contribution in [3.05, 3.63) is 92.6 Å². The lowest BCUT2D eigenvalue weighted by Gasteiger charge is -2.19. The maximum absolute atomic E-state index is 13.3. The lowest BCUT2D eigenvalue weighted by molar-refractivity contribution is -0.141. The number of benzene rings is 2. The number of nitrogens with zero attached hydrogens (tertiary/aromatic N) is 4. The minimum atomic E-state index is -4.69. The average Bonchev–Trinajstić information content (AvgIpc) is 3.61. The molecule has 2 N–H and O–H groups in total. The number of anilines is 2. The number of halogens is 3. The molecule has 0 aliphatic heterocycles. The molecule has 0 fully saturated rings. The number of carbonyl (C=O) groups is 2. The Labute approximate surface area is 286 Å². The Morgan fingerprint density at radius 3 is 1.55 bits per heavy atom. The highest BCUT2D eigenvalue weighted by atomic mass is 19.4. The van der Waals surface area contributed by atoms with Gasteiger partial charge in [-0.25, -0.2) is 0 Å². The van der Waals surface area contributed by atoms with Crippen LogP contribution in [0.1, 0.15) is 132 Å². The van der Waals surface area contributed by atoms with Crippen LogP contribution in [0.2, 0.25) is 0 Å². The lowest BCUT2D eigenvalue weighted by Crippen LogP contribution is -2.19. The number of hydrogen-bond acceptors (Lipinski definition) is 4. The molecule has 0 saturated carbocycles. The van der Waals surface area contributed by atoms with Crippen molar-refractivity contribution in [1.82, 2.24) is 19.6 Å². The molecule has 6 rings (SSSR count). The Morgan fingerprint density at radius 1 is 0.735 bits per heavy atom. The van der Waals surface area contributed by atoms with Crippen molar-refractivity contribution in [3.8, 4) is 0 Å². The van der Waals surface area contributed by atoms with Gasteiger partial charge in [-0.3, -0.25) is 19.0 Å². The average molecular weight is 677 g/mol. The predicted octanol–water partition coefficient (Wildman–Crippen LogP) is 8.86. The summed E-state index contributed by atoms with van der Waals surface area (Å²) in [4.78, 5) is 25.5. The fourth-order valence-electron chi connectivity index (χ4n) is 8.10. The minimum Gasteiger partial charge on any atom is -0.322 e. The molecule has 0 bridgehead atoms. The van der Waals surface area contributed by atoms with Crippen molar-refractivity contribution in [1.29, 1.82) is 0 Å². The fourth-order valence-corrected chi connectivity index (χ4v) is 8.10. The molecule has 4 aromatic rings. The number of aromatic nitrogens is 4. The summed E-state index contributed by atoms with van der Waals surface area (Å²) in [7, 11) is 3.26. The molecule has 2 atom stereocenters. The molecule has 49 heavy (non-hydrogen) atoms. The Hall–Kier alpha value is -4.41. The highest BCUT2D eigenvalue weighted by molar-refractivity contribution is 6.07. The largest absolute Gasteiger partial charge is 0.435 e. The zero-order valence-electron chi connectivity index (χ0n) is 30.3. The first-order chi connectivity index (χ1) is 22.7. The van der Waals surface area contributed by atoms with E-state index in [0.29, 0.717) is 17.2 Å². The van der Waals surface area contributed by atoms with E-state index < -0.39 is 23.3 Å². The van der Waals surface area contributed by atoms with Crippen LogP contribution in [0.25, 0.3) is 0 Å². The van der Waals surface area contributed by atoms with Gasteiger partial charge in [0.15, 0.2) is 5.69 Å². The van der Waals surface area contributed by atoms with Crippen LogP contribution >= 0.6 is 0 Å². The van der Waals surface area contributed by atoms with E-state index in [1.54, 1.807) is 10.7 Å². The van der Waals surface area contributed by atoms with Gasteiger partial charge < -0.3 is 10.6 Å². The SMILES string of the molecule is Cc1c(C(=O)Nc2cccc3c2C(C)CC3(C)C)c(C(F)(F)F)nn1C.Cc1nn(C)c(C)c1C(=O)Nc1cccc2c1C(C)CC2(C)C. The molecule has 0 spiro atoms. The van der Waals surface area contributed by atoms with E-state index in [1.807, 2.05) is 45.2 Å². The molecule has 2 aromatic heterocycles. The maximum Gasteiger partial charge on any atom is 0.435 e. The Balaban J connectivity index is 0.000000192. The normalized spacial score (nSPS) is 18.7. The van der Waals surface area contributed by atoms with Crippen LogP contribution in [0.3, 0.4) is 0 Å². The number of fused-ring (bicyclic) bond motifs is 2. The van der Waals surface area contributed by atoms with Gasteiger partial charge in [-0.1, -0.05) is 65.8 Å². The number of nitrogens with one attached hydrogen (secondary N) is 2. The van der Waals surface area contributed by atoms with E-state index in [0.717, 1.165) is 45.7 Å². The fraction of sp³-hybridized carbons (Fsp3) is 0.474. The molecule has 2 heterocycles. The zero-order valence-corrected chi connectivity index (χ0v) is 30.3. The molecular weight excluding hydrogens is 629 g/mol. The molecule has 2 aliphatic carbocycles. The second-order valence-corrected chi connectivity index (χ2v) is 15.0. The Morgan fingerprint density at radius 2 is 1.14 bits per heavy atom. The summed E-state index contributed by atoms with van der Waals surface area (Å²) < 4.78 is 42.6. The molecular formula is C38H47F3N6O2. The van der Waals surface area contributed by atoms with E-state index in [-0.39, 0.29) is 28.3 Å². The lowest BCUT2D eigenvalue weighted by atomic mass is 9.86. The summed E-state index contributed by atoms with van der Waals surface area (Å²) in [6, 6.07) is 11.8. The topological polar surface area (TPSA) is 93.8 Å². The quantitative estimate of drug-likeness (QED) is 0.226. The van der Waals surface area contributed by atoms with Crippen molar-refractivity contribution in [2.75, 3.05) is 10.6 Å². The van der Waals surface area contributed by atoms with Crippen LogP contribution in [-0.2, 0) is 31.1 Å². The third-order valence-corrected chi connectivity index (χ3v) is 10.4. The number of aryl methyl sites for hydroxylation is 3. The number of alkyl halides is 3. The van der Waals surface area contributed by atoms with Crippen LogP contribution in [0, 0.1) is 20.8 Å². The van der Waals surface area contributed by atoms with Gasteiger partial charge in [-0.15, -0.1) is 0 Å². The standard InChI is InChI=1S/C19H22F3N3O.C19H25N3O/c1-10-9-18(3,4)12-7-6-8-13(14(10)12)23-17(26)15-11(2)25(5)24-16(15)19(20,21)22;1-11-10-19(4,5)14-8-7-9-15(16(11)14)20-18(23)17-12(2)21-22(6)13(17)3/h6-8,10H,9H2,1-5H3,(H,23,26);7-9,11H,10H2,1-6H3,(H,20,23). The number of hydrogen-bond donors (Lipinski definition) is 2. The van der Waals surface area contributed by atoms with Crippen LogP contribution in [0.15, 0.2) is 36.4 Å². The van der Waals surface area contributed by atoms with Gasteiger partial charge in [0.05, 0.1) is 16.8 Å². The first-order valence-electron chi connectivity index (χ1n) is 16.7. The van der Waals surface area contributed by atoms with E-state index in [1.165, 1.54) is 25.1 Å². The van der Waals surface area contributed by atoms with Crippen molar-refractivity contribution < 1.29 is 22.8 Å². The molecule has 262 valence electrons. The molecule has 2 aliphatic rings. The molecule has 2 unspecified atom stereocenters. The van der Waals surface area contributed by atoms with Gasteiger partial charge in [0.2, 0.25) is 0 Å². The first-order valence-corrected chi connectivity index (χ1v) is 16.7. The number of carbonyl (C=O) groups excluding carboxylic acids is 2. The molecule has 0 radical (unpaired) electrons. The summed E-state index contributed by atoms with van der Waals surface area (Å²) >= 11 is 0. The van der Waals surface area contributed by atoms with Gasteiger partial charge in [0, 0.05) is 36.9 Å². The maximum atomic E-state index is 13.3. The molecule has 8 nitrogen and oxygen atoms in total. The summed E-state index contributed by atoms with van der Waals surface area (Å²) in [6.07, 6.45) is -2.65. The Kier molecular flexibility index (Phi) is 9.14. The van der Waals surface area contributed by atoms with Gasteiger partial charge in [0.1, 0.15) is 0 Å². The van der Waals surface area contributed by atoms with E-state index in [9.17, 15) is 22.8 Å². The van der Waals surface area contributed by atoms with Crippen LogP contribution in [0.5, 0.6) is 0 Å². The van der Waals surface area contributed by atoms with Crippen molar-refractivity contribution in [2.45, 2.75) is 104 Å². The predicted molar refractivity (Wildman–Crippen MR) is 187 cm³/mol. The van der Waals surface area contributed by atoms with Gasteiger partial charge >= 0.3 is 6.18 Å². The van der Waals surface area contributed by atoms with Crippen molar-refractivity contribution in [2.24, 2.45) is 14.1 Å². The summed E-state index contributed by atoms with van der Waals surface area (Å²) in [5.41, 5.74) is 7.32. The number of amides is 2. The van der Waals surface area contributed by atoms with Gasteiger partial charge in [0.25, 0.3) is 11.8 Å². The molecule has 2 amide bonds. The van der Waals surface area contributed by atoms with Crippen LogP contribution in [0.4, 0.5) is 24.5 Å². The Bertz CT molecular complexity index is 1950. The van der Waals surface area contributed by atoms with Crippen molar-refractivity contribution >= 4 is 23.2 Å². The second-order valence-electron chi connectivity index (χ2n) is 15.0. The minimum absolute atomic E-state index is 0.0309. The van der Waals surface area contributed by atoms with E-state index in [4.69, 9.17) is 0 Å². The van der Waals surface area contributed by atoms with Crippen molar-refractivity contribution in [3.63, 3.8) is 0 Å². The third-order valence-electron chi connectivity index (χ3n) is 10.4. The molecule has 0 saturated heterocycles. The van der Waals surface area contributed by atoms with Gasteiger partial charge in [-0.05, 0) is 90.7 Å². The van der Waals surface area contributed by atoms with E-state index in [2.05, 4.69) is 68.4 Å².